The molecular formula is C14H10BrFN2O3S. The highest BCUT2D eigenvalue weighted by molar-refractivity contribution is 9.10. The van der Waals surface area contributed by atoms with Crippen molar-refractivity contribution in [2.75, 3.05) is 11.1 Å². The number of nitro benzene ring substituents is 1. The van der Waals surface area contributed by atoms with Crippen molar-refractivity contribution in [2.45, 2.75) is 4.90 Å². The second kappa shape index (κ2) is 7.37. The van der Waals surface area contributed by atoms with Crippen molar-refractivity contribution in [3.63, 3.8) is 0 Å². The van der Waals surface area contributed by atoms with Crippen molar-refractivity contribution in [3.05, 3.63) is 62.9 Å². The third kappa shape index (κ3) is 4.28. The SMILES string of the molecule is O=C(CSc1ccccc1Br)Nc1ccc(F)c([N+](=O)[O-])c1. The highest BCUT2D eigenvalue weighted by Crippen LogP contribution is 2.27. The molecule has 2 aromatic rings. The third-order valence-corrected chi connectivity index (χ3v) is 4.65. The summed E-state index contributed by atoms with van der Waals surface area (Å²) in [5.41, 5.74) is -0.484. The van der Waals surface area contributed by atoms with Crippen LogP contribution in [0.25, 0.3) is 0 Å². The smallest absolute Gasteiger partial charge is 0.306 e. The zero-order chi connectivity index (χ0) is 16.1. The van der Waals surface area contributed by atoms with E-state index in [-0.39, 0.29) is 17.3 Å². The number of hydrogen-bond donors (Lipinski definition) is 1. The van der Waals surface area contributed by atoms with Gasteiger partial charge in [-0.15, -0.1) is 11.8 Å². The van der Waals surface area contributed by atoms with Crippen molar-refractivity contribution in [2.24, 2.45) is 0 Å². The summed E-state index contributed by atoms with van der Waals surface area (Å²) in [7, 11) is 0. The first-order valence-electron chi connectivity index (χ1n) is 6.08. The first kappa shape index (κ1) is 16.4. The largest absolute Gasteiger partial charge is 0.325 e. The Bertz CT molecular complexity index is 727. The van der Waals surface area contributed by atoms with Crippen LogP contribution in [0.4, 0.5) is 15.8 Å². The van der Waals surface area contributed by atoms with E-state index in [0.717, 1.165) is 21.5 Å². The van der Waals surface area contributed by atoms with Gasteiger partial charge in [0.15, 0.2) is 0 Å². The molecule has 5 nitrogen and oxygen atoms in total. The minimum absolute atomic E-state index is 0.133. The van der Waals surface area contributed by atoms with Gasteiger partial charge in [0.05, 0.1) is 10.7 Å². The number of thioether (sulfide) groups is 1. The van der Waals surface area contributed by atoms with Crippen molar-refractivity contribution in [1.82, 2.24) is 0 Å². The van der Waals surface area contributed by atoms with Crippen LogP contribution in [0, 0.1) is 15.9 Å². The van der Waals surface area contributed by atoms with Gasteiger partial charge in [-0.25, -0.2) is 0 Å². The molecule has 0 aliphatic heterocycles. The number of hydrogen-bond acceptors (Lipinski definition) is 4. The fraction of sp³-hybridized carbons (Fsp3) is 0.0714. The molecule has 0 saturated heterocycles. The van der Waals surface area contributed by atoms with Crippen LogP contribution >= 0.6 is 27.7 Å². The predicted octanol–water partition coefficient (Wildman–Crippen LogP) is 4.23. The molecule has 0 radical (unpaired) electrons. The lowest BCUT2D eigenvalue weighted by Crippen LogP contribution is -2.14. The summed E-state index contributed by atoms with van der Waals surface area (Å²) in [6.45, 7) is 0. The van der Waals surface area contributed by atoms with E-state index in [2.05, 4.69) is 21.2 Å². The zero-order valence-corrected chi connectivity index (χ0v) is 13.5. The first-order valence-corrected chi connectivity index (χ1v) is 7.86. The van der Waals surface area contributed by atoms with Gasteiger partial charge >= 0.3 is 5.69 Å². The number of carbonyl (C=O) groups excluding carboxylic acids is 1. The normalized spacial score (nSPS) is 10.3. The summed E-state index contributed by atoms with van der Waals surface area (Å²) in [5.74, 6) is -1.14. The molecule has 22 heavy (non-hydrogen) atoms. The fourth-order valence-electron chi connectivity index (χ4n) is 1.63. The second-order valence-corrected chi connectivity index (χ2v) is 6.06. The summed E-state index contributed by atoms with van der Waals surface area (Å²) < 4.78 is 14.1. The summed E-state index contributed by atoms with van der Waals surface area (Å²) >= 11 is 4.70. The van der Waals surface area contributed by atoms with E-state index in [1.807, 2.05) is 24.3 Å². The maximum atomic E-state index is 13.2. The van der Waals surface area contributed by atoms with E-state index in [4.69, 9.17) is 0 Å². The molecule has 0 atom stereocenters. The molecule has 0 saturated carbocycles. The molecule has 8 heteroatoms. The Morgan fingerprint density at radius 1 is 1.32 bits per heavy atom. The molecule has 0 aliphatic carbocycles. The van der Waals surface area contributed by atoms with E-state index in [9.17, 15) is 19.3 Å². The lowest BCUT2D eigenvalue weighted by atomic mass is 10.2. The van der Waals surface area contributed by atoms with Crippen LogP contribution in [0.1, 0.15) is 0 Å². The number of nitrogens with zero attached hydrogens (tertiary/aromatic N) is 1. The molecule has 0 fully saturated rings. The van der Waals surface area contributed by atoms with Crippen LogP contribution in [0.5, 0.6) is 0 Å². The Kier molecular flexibility index (Phi) is 5.51. The van der Waals surface area contributed by atoms with Gasteiger partial charge in [0, 0.05) is 21.1 Å². The lowest BCUT2D eigenvalue weighted by Gasteiger charge is -2.06. The zero-order valence-electron chi connectivity index (χ0n) is 11.1. The maximum absolute atomic E-state index is 13.2. The minimum atomic E-state index is -0.939. The number of carbonyl (C=O) groups is 1. The molecule has 114 valence electrons. The molecule has 1 N–H and O–H groups in total. The minimum Gasteiger partial charge on any atom is -0.325 e. The summed E-state index contributed by atoms with van der Waals surface area (Å²) in [6.07, 6.45) is 0. The van der Waals surface area contributed by atoms with Gasteiger partial charge in [0.2, 0.25) is 11.7 Å². The van der Waals surface area contributed by atoms with Gasteiger partial charge in [-0.1, -0.05) is 12.1 Å². The molecule has 2 aromatic carbocycles. The Balaban J connectivity index is 1.99. The topological polar surface area (TPSA) is 72.2 Å². The average molecular weight is 385 g/mol. The quantitative estimate of drug-likeness (QED) is 0.475. The average Bonchev–Trinajstić information content (AvgIpc) is 2.48. The van der Waals surface area contributed by atoms with Gasteiger partial charge in [-0.3, -0.25) is 14.9 Å². The van der Waals surface area contributed by atoms with Crippen LogP contribution in [-0.4, -0.2) is 16.6 Å². The van der Waals surface area contributed by atoms with Gasteiger partial charge in [-0.05, 0) is 40.2 Å². The van der Waals surface area contributed by atoms with Crippen LogP contribution in [-0.2, 0) is 4.79 Å². The van der Waals surface area contributed by atoms with Crippen molar-refractivity contribution in [3.8, 4) is 0 Å². The summed E-state index contributed by atoms with van der Waals surface area (Å²) in [5, 5.41) is 13.2. The molecule has 0 aliphatic rings. The number of nitrogens with one attached hydrogen (secondary N) is 1. The maximum Gasteiger partial charge on any atom is 0.306 e. The fourth-order valence-corrected chi connectivity index (χ4v) is 3.00. The molecule has 0 aromatic heterocycles. The van der Waals surface area contributed by atoms with Crippen LogP contribution < -0.4 is 5.32 Å². The number of benzene rings is 2. The number of anilines is 1. The van der Waals surface area contributed by atoms with Crippen molar-refractivity contribution < 1.29 is 14.1 Å². The summed E-state index contributed by atoms with van der Waals surface area (Å²) in [4.78, 5) is 22.6. The lowest BCUT2D eigenvalue weighted by molar-refractivity contribution is -0.387. The second-order valence-electron chi connectivity index (χ2n) is 4.19. The highest BCUT2D eigenvalue weighted by Gasteiger charge is 2.15. The van der Waals surface area contributed by atoms with Gasteiger partial charge < -0.3 is 5.32 Å². The monoisotopic (exact) mass is 384 g/mol. The molecule has 1 amide bonds. The van der Waals surface area contributed by atoms with Crippen LogP contribution in [0.15, 0.2) is 51.8 Å². The van der Waals surface area contributed by atoms with E-state index in [0.29, 0.717) is 0 Å². The Morgan fingerprint density at radius 2 is 2.05 bits per heavy atom. The Hall–Kier alpha value is -1.93. The predicted molar refractivity (Wildman–Crippen MR) is 86.6 cm³/mol. The Labute approximate surface area is 138 Å². The molecular weight excluding hydrogens is 375 g/mol. The van der Waals surface area contributed by atoms with E-state index >= 15 is 0 Å². The van der Waals surface area contributed by atoms with E-state index in [1.165, 1.54) is 17.8 Å². The van der Waals surface area contributed by atoms with Gasteiger partial charge in [0.25, 0.3) is 0 Å². The molecule has 0 heterocycles. The van der Waals surface area contributed by atoms with Crippen LogP contribution in [0.2, 0.25) is 0 Å². The van der Waals surface area contributed by atoms with E-state index < -0.39 is 16.4 Å². The first-order chi connectivity index (χ1) is 10.5. The number of rotatable bonds is 5. The molecule has 0 unspecified atom stereocenters. The van der Waals surface area contributed by atoms with Gasteiger partial charge in [0.1, 0.15) is 0 Å². The van der Waals surface area contributed by atoms with Crippen molar-refractivity contribution >= 4 is 45.0 Å². The number of amides is 1. The standard InChI is InChI=1S/C14H10BrFN2O3S/c15-10-3-1-2-4-13(10)22-8-14(19)17-9-5-6-11(16)12(7-9)18(20)21/h1-7H,8H2,(H,17,19). The molecule has 0 bridgehead atoms. The van der Waals surface area contributed by atoms with Gasteiger partial charge in [-0.2, -0.15) is 4.39 Å². The number of nitro groups is 1. The van der Waals surface area contributed by atoms with Crippen molar-refractivity contribution in [1.29, 1.82) is 0 Å². The molecule has 2 rings (SSSR count). The summed E-state index contributed by atoms with van der Waals surface area (Å²) in [6, 6.07) is 10.7. The third-order valence-electron chi connectivity index (χ3n) is 2.62. The highest BCUT2D eigenvalue weighted by atomic mass is 79.9. The van der Waals surface area contributed by atoms with Crippen LogP contribution in [0.3, 0.4) is 0 Å². The number of halogens is 2. The van der Waals surface area contributed by atoms with E-state index in [1.54, 1.807) is 0 Å². The molecule has 0 spiro atoms. The Morgan fingerprint density at radius 3 is 2.73 bits per heavy atom.